The molecule has 0 saturated carbocycles. The van der Waals surface area contributed by atoms with Crippen molar-refractivity contribution in [3.8, 4) is 5.69 Å². The molecule has 0 N–H and O–H groups in total. The fourth-order valence-corrected chi connectivity index (χ4v) is 2.10. The first kappa shape index (κ1) is 13.5. The topological polar surface area (TPSA) is 61.0 Å². The molecular weight excluding hydrogens is 266 g/mol. The van der Waals surface area contributed by atoms with Gasteiger partial charge in [0.2, 0.25) is 0 Å². The third kappa shape index (κ3) is 2.33. The standard InChI is InChI=1S/C13H14ClN3O2/c1-8-9(2)15-16(10(8)3)12-5-4-11(7-14)6-13(12)17(18)19/h4-6H,7H2,1-3H3. The average Bonchev–Trinajstić information content (AvgIpc) is 2.65. The Kier molecular flexibility index (Phi) is 3.57. The van der Waals surface area contributed by atoms with Gasteiger partial charge in [-0.3, -0.25) is 10.1 Å². The maximum atomic E-state index is 11.2. The molecule has 0 fully saturated rings. The predicted molar refractivity (Wildman–Crippen MR) is 74.0 cm³/mol. The lowest BCUT2D eigenvalue weighted by molar-refractivity contribution is -0.384. The quantitative estimate of drug-likeness (QED) is 0.491. The van der Waals surface area contributed by atoms with E-state index in [1.165, 1.54) is 6.07 Å². The second kappa shape index (κ2) is 5.01. The van der Waals surface area contributed by atoms with Gasteiger partial charge in [0.1, 0.15) is 5.69 Å². The molecule has 0 amide bonds. The van der Waals surface area contributed by atoms with Gasteiger partial charge in [0.05, 0.1) is 10.6 Å². The van der Waals surface area contributed by atoms with Crippen LogP contribution in [0, 0.1) is 30.9 Å². The van der Waals surface area contributed by atoms with Crippen molar-refractivity contribution in [1.29, 1.82) is 0 Å². The summed E-state index contributed by atoms with van der Waals surface area (Å²) in [6.45, 7) is 5.74. The van der Waals surface area contributed by atoms with E-state index in [0.29, 0.717) is 5.69 Å². The summed E-state index contributed by atoms with van der Waals surface area (Å²) in [5, 5.41) is 15.5. The second-order valence-corrected chi connectivity index (χ2v) is 4.69. The molecule has 2 aromatic rings. The molecule has 0 aliphatic heterocycles. The van der Waals surface area contributed by atoms with Crippen LogP contribution in [0.2, 0.25) is 0 Å². The van der Waals surface area contributed by atoms with Crippen LogP contribution in [-0.2, 0) is 5.88 Å². The van der Waals surface area contributed by atoms with Crippen LogP contribution in [-0.4, -0.2) is 14.7 Å². The van der Waals surface area contributed by atoms with Gasteiger partial charge in [-0.15, -0.1) is 11.6 Å². The van der Waals surface area contributed by atoms with Gasteiger partial charge in [-0.1, -0.05) is 6.07 Å². The minimum atomic E-state index is -0.406. The van der Waals surface area contributed by atoms with Crippen molar-refractivity contribution >= 4 is 17.3 Å². The van der Waals surface area contributed by atoms with E-state index in [2.05, 4.69) is 5.10 Å². The molecule has 0 spiro atoms. The summed E-state index contributed by atoms with van der Waals surface area (Å²) in [6.07, 6.45) is 0. The van der Waals surface area contributed by atoms with Gasteiger partial charge >= 0.3 is 0 Å². The molecule has 0 atom stereocenters. The number of nitro groups is 1. The van der Waals surface area contributed by atoms with Gasteiger partial charge in [0, 0.05) is 17.6 Å². The Hall–Kier alpha value is -1.88. The number of rotatable bonds is 3. The minimum absolute atomic E-state index is 0.0174. The highest BCUT2D eigenvalue weighted by atomic mass is 35.5. The van der Waals surface area contributed by atoms with Gasteiger partial charge in [-0.2, -0.15) is 5.10 Å². The van der Waals surface area contributed by atoms with Gasteiger partial charge in [-0.05, 0) is 38.0 Å². The summed E-state index contributed by atoms with van der Waals surface area (Å²) in [7, 11) is 0. The number of aromatic nitrogens is 2. The highest BCUT2D eigenvalue weighted by Crippen LogP contribution is 2.27. The van der Waals surface area contributed by atoms with Gasteiger partial charge < -0.3 is 0 Å². The van der Waals surface area contributed by atoms with Gasteiger partial charge in [0.15, 0.2) is 0 Å². The molecule has 1 aromatic heterocycles. The zero-order valence-corrected chi connectivity index (χ0v) is 11.7. The molecule has 100 valence electrons. The van der Waals surface area contributed by atoms with Crippen molar-refractivity contribution in [3.05, 3.63) is 50.8 Å². The fourth-order valence-electron chi connectivity index (χ4n) is 1.93. The molecular formula is C13H14ClN3O2. The molecule has 0 bridgehead atoms. The van der Waals surface area contributed by atoms with Crippen molar-refractivity contribution in [2.75, 3.05) is 0 Å². The molecule has 5 nitrogen and oxygen atoms in total. The van der Waals surface area contributed by atoms with E-state index in [1.54, 1.807) is 16.8 Å². The fraction of sp³-hybridized carbons (Fsp3) is 0.308. The van der Waals surface area contributed by atoms with Crippen molar-refractivity contribution in [3.63, 3.8) is 0 Å². The van der Waals surface area contributed by atoms with Crippen LogP contribution >= 0.6 is 11.6 Å². The van der Waals surface area contributed by atoms with Crippen LogP contribution in [0.3, 0.4) is 0 Å². The summed E-state index contributed by atoms with van der Waals surface area (Å²) in [4.78, 5) is 10.8. The Morgan fingerprint density at radius 2 is 2.05 bits per heavy atom. The zero-order valence-electron chi connectivity index (χ0n) is 11.0. The largest absolute Gasteiger partial charge is 0.295 e. The number of nitro benzene ring substituents is 1. The first-order valence-corrected chi connectivity index (χ1v) is 6.35. The monoisotopic (exact) mass is 279 g/mol. The van der Waals surface area contributed by atoms with Crippen LogP contribution < -0.4 is 0 Å². The smallest absolute Gasteiger partial charge is 0.258 e. The van der Waals surface area contributed by atoms with Crippen molar-refractivity contribution < 1.29 is 4.92 Å². The molecule has 0 radical (unpaired) electrons. The van der Waals surface area contributed by atoms with E-state index in [9.17, 15) is 10.1 Å². The number of alkyl halides is 1. The SMILES string of the molecule is Cc1nn(-c2ccc(CCl)cc2[N+](=O)[O-])c(C)c1C. The number of benzene rings is 1. The third-order valence-electron chi connectivity index (χ3n) is 3.27. The number of halogens is 1. The lowest BCUT2D eigenvalue weighted by Gasteiger charge is -2.07. The predicted octanol–water partition coefficient (Wildman–Crippen LogP) is 3.44. The van der Waals surface area contributed by atoms with E-state index < -0.39 is 4.92 Å². The van der Waals surface area contributed by atoms with Crippen LogP contribution in [0.25, 0.3) is 5.69 Å². The lowest BCUT2D eigenvalue weighted by Crippen LogP contribution is -2.04. The van der Waals surface area contributed by atoms with Crippen LogP contribution in [0.15, 0.2) is 18.2 Å². The first-order chi connectivity index (χ1) is 8.95. The number of hydrogen-bond acceptors (Lipinski definition) is 3. The van der Waals surface area contributed by atoms with Crippen molar-refractivity contribution in [1.82, 2.24) is 9.78 Å². The van der Waals surface area contributed by atoms with Crippen LogP contribution in [0.4, 0.5) is 5.69 Å². The maximum Gasteiger partial charge on any atom is 0.295 e. The van der Waals surface area contributed by atoms with Crippen molar-refractivity contribution in [2.24, 2.45) is 0 Å². The molecule has 0 saturated heterocycles. The van der Waals surface area contributed by atoms with E-state index in [4.69, 9.17) is 11.6 Å². The Morgan fingerprint density at radius 3 is 2.53 bits per heavy atom. The Labute approximate surface area is 116 Å². The molecule has 1 heterocycles. The van der Waals surface area contributed by atoms with E-state index in [0.717, 1.165) is 22.5 Å². The summed E-state index contributed by atoms with van der Waals surface area (Å²) in [5.74, 6) is 0.247. The summed E-state index contributed by atoms with van der Waals surface area (Å²) in [6, 6.07) is 4.96. The van der Waals surface area contributed by atoms with Gasteiger partial charge in [-0.25, -0.2) is 4.68 Å². The van der Waals surface area contributed by atoms with Crippen LogP contribution in [0.1, 0.15) is 22.5 Å². The molecule has 6 heteroatoms. The lowest BCUT2D eigenvalue weighted by atomic mass is 10.2. The Bertz CT molecular complexity index is 650. The highest BCUT2D eigenvalue weighted by molar-refractivity contribution is 6.17. The molecule has 0 unspecified atom stereocenters. The first-order valence-electron chi connectivity index (χ1n) is 5.82. The van der Waals surface area contributed by atoms with E-state index in [1.807, 2.05) is 20.8 Å². The molecule has 19 heavy (non-hydrogen) atoms. The summed E-state index contributed by atoms with van der Waals surface area (Å²) in [5.41, 5.74) is 4.01. The molecule has 0 aliphatic rings. The molecule has 1 aromatic carbocycles. The maximum absolute atomic E-state index is 11.2. The van der Waals surface area contributed by atoms with Crippen LogP contribution in [0.5, 0.6) is 0 Å². The average molecular weight is 280 g/mol. The molecule has 2 rings (SSSR count). The zero-order chi connectivity index (χ0) is 14.2. The Balaban J connectivity index is 2.67. The van der Waals surface area contributed by atoms with E-state index >= 15 is 0 Å². The number of hydrogen-bond donors (Lipinski definition) is 0. The summed E-state index contributed by atoms with van der Waals surface area (Å²) >= 11 is 5.72. The number of aryl methyl sites for hydroxylation is 1. The summed E-state index contributed by atoms with van der Waals surface area (Å²) < 4.78 is 1.61. The van der Waals surface area contributed by atoms with E-state index in [-0.39, 0.29) is 11.6 Å². The second-order valence-electron chi connectivity index (χ2n) is 4.42. The number of nitrogens with zero attached hydrogens (tertiary/aromatic N) is 3. The van der Waals surface area contributed by atoms with Crippen molar-refractivity contribution in [2.45, 2.75) is 26.7 Å². The minimum Gasteiger partial charge on any atom is -0.258 e. The normalized spacial score (nSPS) is 10.7. The Morgan fingerprint density at radius 1 is 1.37 bits per heavy atom. The third-order valence-corrected chi connectivity index (χ3v) is 3.58. The molecule has 0 aliphatic carbocycles. The highest BCUT2D eigenvalue weighted by Gasteiger charge is 2.19. The van der Waals surface area contributed by atoms with Gasteiger partial charge in [0.25, 0.3) is 5.69 Å².